The van der Waals surface area contributed by atoms with Crippen LogP contribution in [0.15, 0.2) is 41.4 Å². The average molecular weight is 477 g/mol. The van der Waals surface area contributed by atoms with Gasteiger partial charge in [0.25, 0.3) is 5.91 Å². The summed E-state index contributed by atoms with van der Waals surface area (Å²) >= 11 is 1.29. The van der Waals surface area contributed by atoms with Crippen LogP contribution >= 0.6 is 11.8 Å². The van der Waals surface area contributed by atoms with Crippen molar-refractivity contribution < 1.29 is 32.2 Å². The number of rotatable bonds is 4. The molecular weight excluding hydrogens is 456 g/mol. The molecule has 0 radical (unpaired) electrons. The van der Waals surface area contributed by atoms with E-state index in [9.17, 15) is 13.2 Å². The Labute approximate surface area is 189 Å². The van der Waals surface area contributed by atoms with E-state index in [1.54, 1.807) is 48.4 Å². The smallest absolute Gasteiger partial charge is 0.279 e. The van der Waals surface area contributed by atoms with Crippen LogP contribution in [0.2, 0.25) is 0 Å². The largest absolute Gasteiger partial charge is 0.497 e. The van der Waals surface area contributed by atoms with Gasteiger partial charge >= 0.3 is 0 Å². The van der Waals surface area contributed by atoms with Crippen LogP contribution < -0.4 is 23.8 Å². The first kappa shape index (κ1) is 21.0. The fourth-order valence-electron chi connectivity index (χ4n) is 4.01. The van der Waals surface area contributed by atoms with Gasteiger partial charge in [0.2, 0.25) is 6.79 Å². The predicted octanol–water partition coefficient (Wildman–Crippen LogP) is 2.35. The number of benzene rings is 2. The van der Waals surface area contributed by atoms with Crippen LogP contribution in [0.1, 0.15) is 10.4 Å². The second-order valence-corrected chi connectivity index (χ2v) is 10.8. The molecular formula is C21H20N2O7S2. The Hall–Kier alpha value is -2.92. The molecule has 3 aliphatic rings. The molecule has 0 spiro atoms. The van der Waals surface area contributed by atoms with E-state index in [2.05, 4.69) is 4.99 Å². The fourth-order valence-corrected chi connectivity index (χ4v) is 7.92. The standard InChI is InChI=1S/C21H20N2O7S2/c1-27-13-4-6-16(28-2)14(8-13)23-15-9-32(25,26)10-19(15)31-21(23)22-20(24)12-3-5-17-18(7-12)30-11-29-17/h3-8,15,19H,9-11H2,1-2H3/t15-,19-/m1/s1. The Kier molecular flexibility index (Phi) is 5.17. The van der Waals surface area contributed by atoms with Crippen LogP contribution in [-0.2, 0) is 9.84 Å². The summed E-state index contributed by atoms with van der Waals surface area (Å²) in [5.41, 5.74) is 0.950. The number of ether oxygens (including phenoxy) is 4. The Balaban J connectivity index is 1.56. The first-order valence-electron chi connectivity index (χ1n) is 9.79. The lowest BCUT2D eigenvalue weighted by Gasteiger charge is -2.26. The second-order valence-electron chi connectivity index (χ2n) is 7.48. The lowest BCUT2D eigenvalue weighted by atomic mass is 10.1. The third-order valence-corrected chi connectivity index (χ3v) is 8.74. The fraction of sp³-hybridized carbons (Fsp3) is 0.333. The first-order valence-corrected chi connectivity index (χ1v) is 12.5. The highest BCUT2D eigenvalue weighted by Crippen LogP contribution is 2.45. The number of amidine groups is 1. The van der Waals surface area contributed by atoms with E-state index in [1.165, 1.54) is 18.9 Å². The van der Waals surface area contributed by atoms with E-state index in [4.69, 9.17) is 18.9 Å². The summed E-state index contributed by atoms with van der Waals surface area (Å²) < 4.78 is 46.2. The van der Waals surface area contributed by atoms with Gasteiger partial charge in [0.15, 0.2) is 26.5 Å². The minimum atomic E-state index is -3.20. The molecule has 0 bridgehead atoms. The number of nitrogens with zero attached hydrogens (tertiary/aromatic N) is 2. The number of methoxy groups -OCH3 is 2. The molecule has 2 saturated heterocycles. The molecule has 0 saturated carbocycles. The molecule has 11 heteroatoms. The minimum absolute atomic E-state index is 0.0255. The third kappa shape index (κ3) is 3.65. The van der Waals surface area contributed by atoms with E-state index >= 15 is 0 Å². The molecule has 168 valence electrons. The molecule has 1 amide bonds. The zero-order valence-electron chi connectivity index (χ0n) is 17.3. The molecule has 0 aliphatic carbocycles. The number of anilines is 1. The zero-order valence-corrected chi connectivity index (χ0v) is 18.9. The highest BCUT2D eigenvalue weighted by molar-refractivity contribution is 8.16. The highest BCUT2D eigenvalue weighted by atomic mass is 32.2. The molecule has 0 unspecified atom stereocenters. The van der Waals surface area contributed by atoms with E-state index in [1.807, 2.05) is 0 Å². The van der Waals surface area contributed by atoms with Crippen molar-refractivity contribution in [2.75, 3.05) is 37.4 Å². The Morgan fingerprint density at radius 1 is 1.09 bits per heavy atom. The molecule has 0 N–H and O–H groups in total. The summed E-state index contributed by atoms with van der Waals surface area (Å²) in [5, 5.41) is 0.184. The first-order chi connectivity index (χ1) is 15.4. The number of aliphatic imine (C=N–C) groups is 1. The molecule has 2 aromatic carbocycles. The Bertz CT molecular complexity index is 1230. The minimum Gasteiger partial charge on any atom is -0.497 e. The van der Waals surface area contributed by atoms with Crippen molar-refractivity contribution in [2.24, 2.45) is 4.99 Å². The molecule has 2 atom stereocenters. The quantitative estimate of drug-likeness (QED) is 0.658. The van der Waals surface area contributed by atoms with E-state index in [0.717, 1.165) is 0 Å². The molecule has 2 aromatic rings. The summed E-state index contributed by atoms with van der Waals surface area (Å²) in [5.74, 6) is 1.72. The summed E-state index contributed by atoms with van der Waals surface area (Å²) in [4.78, 5) is 19.2. The lowest BCUT2D eigenvalue weighted by molar-refractivity contribution is 0.100. The number of carbonyl (C=O) groups excluding carboxylic acids is 1. The summed E-state index contributed by atoms with van der Waals surface area (Å²) in [6, 6.07) is 9.77. The highest BCUT2D eigenvalue weighted by Gasteiger charge is 2.50. The molecule has 3 aliphatic heterocycles. The van der Waals surface area contributed by atoms with Crippen LogP contribution in [0, 0.1) is 0 Å². The number of hydrogen-bond donors (Lipinski definition) is 0. The van der Waals surface area contributed by atoms with Crippen LogP contribution in [0.25, 0.3) is 0 Å². The second kappa shape index (κ2) is 7.89. The van der Waals surface area contributed by atoms with Crippen molar-refractivity contribution in [2.45, 2.75) is 11.3 Å². The van der Waals surface area contributed by atoms with Gasteiger partial charge in [-0.3, -0.25) is 4.79 Å². The van der Waals surface area contributed by atoms with Crippen molar-refractivity contribution in [1.82, 2.24) is 0 Å². The maximum Gasteiger partial charge on any atom is 0.279 e. The van der Waals surface area contributed by atoms with Gasteiger partial charge in [-0.25, -0.2) is 8.42 Å². The van der Waals surface area contributed by atoms with Crippen LogP contribution in [0.5, 0.6) is 23.0 Å². The molecule has 9 nitrogen and oxygen atoms in total. The van der Waals surface area contributed by atoms with Crippen molar-refractivity contribution in [3.05, 3.63) is 42.0 Å². The van der Waals surface area contributed by atoms with Gasteiger partial charge < -0.3 is 23.8 Å². The number of amides is 1. The Morgan fingerprint density at radius 2 is 1.91 bits per heavy atom. The monoisotopic (exact) mass is 476 g/mol. The van der Waals surface area contributed by atoms with Gasteiger partial charge in [-0.1, -0.05) is 11.8 Å². The van der Waals surface area contributed by atoms with Crippen molar-refractivity contribution in [3.8, 4) is 23.0 Å². The van der Waals surface area contributed by atoms with Gasteiger partial charge in [-0.15, -0.1) is 0 Å². The van der Waals surface area contributed by atoms with Crippen molar-refractivity contribution in [1.29, 1.82) is 0 Å². The normalized spacial score (nSPS) is 23.9. The molecule has 32 heavy (non-hydrogen) atoms. The number of hydrogen-bond acceptors (Lipinski definition) is 8. The van der Waals surface area contributed by atoms with Crippen molar-refractivity contribution >= 4 is 38.4 Å². The van der Waals surface area contributed by atoms with Crippen LogP contribution in [0.3, 0.4) is 0 Å². The zero-order chi connectivity index (χ0) is 22.5. The van der Waals surface area contributed by atoms with Gasteiger partial charge in [-0.2, -0.15) is 4.99 Å². The van der Waals surface area contributed by atoms with Gasteiger partial charge in [-0.05, 0) is 30.3 Å². The topological polar surface area (TPSA) is 104 Å². The molecule has 3 heterocycles. The van der Waals surface area contributed by atoms with Crippen LogP contribution in [-0.4, -0.2) is 63.3 Å². The maximum absolute atomic E-state index is 13.0. The third-order valence-electron chi connectivity index (χ3n) is 5.53. The van der Waals surface area contributed by atoms with E-state index in [0.29, 0.717) is 39.4 Å². The van der Waals surface area contributed by atoms with Crippen molar-refractivity contribution in [3.63, 3.8) is 0 Å². The number of carbonyl (C=O) groups is 1. The summed E-state index contributed by atoms with van der Waals surface area (Å²) in [6.45, 7) is 0.110. The maximum atomic E-state index is 13.0. The number of fused-ring (bicyclic) bond motifs is 2. The molecule has 5 rings (SSSR count). The van der Waals surface area contributed by atoms with Crippen LogP contribution in [0.4, 0.5) is 5.69 Å². The van der Waals surface area contributed by atoms with Gasteiger partial charge in [0.1, 0.15) is 11.5 Å². The SMILES string of the molecule is COc1ccc(OC)c(N2C(=NC(=O)c3ccc4c(c3)OCO4)S[C@@H]3CS(=O)(=O)C[C@H]32)c1. The lowest BCUT2D eigenvalue weighted by Crippen LogP contribution is -2.38. The molecule has 0 aromatic heterocycles. The molecule has 2 fully saturated rings. The van der Waals surface area contributed by atoms with Gasteiger partial charge in [0, 0.05) is 16.9 Å². The summed E-state index contributed by atoms with van der Waals surface area (Å²) in [7, 11) is -0.117. The number of sulfone groups is 1. The predicted molar refractivity (Wildman–Crippen MR) is 120 cm³/mol. The summed E-state index contributed by atoms with van der Waals surface area (Å²) in [6.07, 6.45) is 0. The average Bonchev–Trinajstić information content (AvgIpc) is 3.44. The van der Waals surface area contributed by atoms with E-state index in [-0.39, 0.29) is 29.6 Å². The van der Waals surface area contributed by atoms with E-state index < -0.39 is 15.7 Å². The Morgan fingerprint density at radius 3 is 2.69 bits per heavy atom. The number of thioether (sulfide) groups is 1. The van der Waals surface area contributed by atoms with Gasteiger partial charge in [0.05, 0.1) is 37.5 Å².